The number of amides is 2. The van der Waals surface area contributed by atoms with Gasteiger partial charge in [-0.05, 0) is 30.1 Å². The maximum atomic E-state index is 12.7. The molecular formula is C17H27N3O3. The summed E-state index contributed by atoms with van der Waals surface area (Å²) in [6, 6.07) is -0.623. The van der Waals surface area contributed by atoms with Gasteiger partial charge in [-0.3, -0.25) is 14.4 Å². The highest BCUT2D eigenvalue weighted by Gasteiger charge is 2.62. The van der Waals surface area contributed by atoms with E-state index >= 15 is 0 Å². The van der Waals surface area contributed by atoms with Crippen molar-refractivity contribution in [3.05, 3.63) is 11.8 Å². The second-order valence-corrected chi connectivity index (χ2v) is 7.68. The summed E-state index contributed by atoms with van der Waals surface area (Å²) in [4.78, 5) is 37.6. The summed E-state index contributed by atoms with van der Waals surface area (Å²) < 4.78 is 0. The first kappa shape index (κ1) is 17.5. The molecule has 0 aromatic heterocycles. The van der Waals surface area contributed by atoms with Crippen molar-refractivity contribution in [2.24, 2.45) is 28.9 Å². The van der Waals surface area contributed by atoms with Crippen molar-refractivity contribution in [1.82, 2.24) is 10.2 Å². The molecule has 128 valence electrons. The van der Waals surface area contributed by atoms with Crippen molar-refractivity contribution in [3.63, 3.8) is 0 Å². The number of hydrogen-bond donors (Lipinski definition) is 2. The third kappa shape index (κ3) is 3.41. The van der Waals surface area contributed by atoms with E-state index < -0.39 is 11.9 Å². The lowest BCUT2D eigenvalue weighted by Crippen LogP contribution is -2.52. The average Bonchev–Trinajstić information content (AvgIpc) is 2.79. The highest BCUT2D eigenvalue weighted by molar-refractivity contribution is 6.01. The Morgan fingerprint density at radius 3 is 2.17 bits per heavy atom. The number of nitrogens with zero attached hydrogens (tertiary/aromatic N) is 1. The van der Waals surface area contributed by atoms with Crippen molar-refractivity contribution in [1.29, 1.82) is 0 Å². The number of rotatable bonds is 5. The molecule has 3 atom stereocenters. The maximum Gasteiger partial charge on any atom is 0.267 e. The fraction of sp³-hybridized carbons (Fsp3) is 0.706. The average molecular weight is 321 g/mol. The number of likely N-dealkylation sites (tertiary alicyclic amines) is 1. The van der Waals surface area contributed by atoms with Crippen LogP contribution < -0.4 is 11.1 Å². The van der Waals surface area contributed by atoms with Gasteiger partial charge in [0, 0.05) is 19.2 Å². The van der Waals surface area contributed by atoms with Gasteiger partial charge in [0.2, 0.25) is 5.91 Å². The molecule has 2 rings (SSSR count). The summed E-state index contributed by atoms with van der Waals surface area (Å²) in [6.07, 6.45) is 1.07. The second kappa shape index (κ2) is 5.98. The maximum absolute atomic E-state index is 12.7. The molecule has 1 saturated carbocycles. The summed E-state index contributed by atoms with van der Waals surface area (Å²) >= 11 is 0. The Balaban J connectivity index is 2.01. The lowest BCUT2D eigenvalue weighted by atomic mass is 10.0. The summed E-state index contributed by atoms with van der Waals surface area (Å²) in [5.74, 6) is 0.146. The Kier molecular flexibility index (Phi) is 4.55. The summed E-state index contributed by atoms with van der Waals surface area (Å²) in [5.41, 5.74) is 5.76. The largest absolute Gasteiger partial charge is 0.394 e. The number of hydrogen-bond acceptors (Lipinski definition) is 4. The highest BCUT2D eigenvalue weighted by Crippen LogP contribution is 2.61. The quantitative estimate of drug-likeness (QED) is 0.728. The van der Waals surface area contributed by atoms with Gasteiger partial charge in [-0.2, -0.15) is 0 Å². The van der Waals surface area contributed by atoms with Crippen molar-refractivity contribution in [2.45, 2.75) is 40.7 Å². The first-order valence-electron chi connectivity index (χ1n) is 8.13. The molecule has 0 radical (unpaired) electrons. The van der Waals surface area contributed by atoms with Crippen LogP contribution >= 0.6 is 0 Å². The molecule has 0 bridgehead atoms. The molecule has 1 aliphatic carbocycles. The van der Waals surface area contributed by atoms with E-state index in [9.17, 15) is 14.4 Å². The van der Waals surface area contributed by atoms with E-state index in [0.29, 0.717) is 17.3 Å². The minimum atomic E-state index is -0.623. The van der Waals surface area contributed by atoms with Gasteiger partial charge in [0.1, 0.15) is 11.7 Å². The van der Waals surface area contributed by atoms with Crippen molar-refractivity contribution in [2.75, 3.05) is 13.1 Å². The summed E-state index contributed by atoms with van der Waals surface area (Å²) in [7, 11) is 0. The normalized spacial score (nSPS) is 26.7. The highest BCUT2D eigenvalue weighted by atomic mass is 16.2. The second-order valence-electron chi connectivity index (χ2n) is 7.68. The zero-order valence-corrected chi connectivity index (χ0v) is 14.6. The first-order chi connectivity index (χ1) is 10.6. The van der Waals surface area contributed by atoms with E-state index in [1.54, 1.807) is 0 Å². The molecule has 1 aliphatic heterocycles. The van der Waals surface area contributed by atoms with Crippen LogP contribution in [0.25, 0.3) is 0 Å². The first-order valence-corrected chi connectivity index (χ1v) is 8.13. The SMILES string of the molecule is CC(=O)/C=C(\N)C(=O)NC(C(=O)N1CC2C(C1)C2(C)C)C(C)C. The Morgan fingerprint density at radius 2 is 1.74 bits per heavy atom. The van der Waals surface area contributed by atoms with Crippen LogP contribution in [0.4, 0.5) is 0 Å². The van der Waals surface area contributed by atoms with Gasteiger partial charge in [-0.15, -0.1) is 0 Å². The molecule has 1 saturated heterocycles. The third-order valence-electron chi connectivity index (χ3n) is 5.27. The lowest BCUT2D eigenvalue weighted by Gasteiger charge is -2.29. The topological polar surface area (TPSA) is 92.5 Å². The van der Waals surface area contributed by atoms with Gasteiger partial charge in [-0.1, -0.05) is 27.7 Å². The van der Waals surface area contributed by atoms with E-state index in [4.69, 9.17) is 5.73 Å². The van der Waals surface area contributed by atoms with Crippen molar-refractivity contribution >= 4 is 17.6 Å². The minimum Gasteiger partial charge on any atom is -0.394 e. The number of carbonyl (C=O) groups is 3. The van der Waals surface area contributed by atoms with Crippen LogP contribution in [-0.4, -0.2) is 41.6 Å². The predicted octanol–water partition coefficient (Wildman–Crippen LogP) is 0.673. The van der Waals surface area contributed by atoms with Crippen LogP contribution in [0.2, 0.25) is 0 Å². The molecule has 6 heteroatoms. The Labute approximate surface area is 137 Å². The molecule has 0 aromatic carbocycles. The fourth-order valence-corrected chi connectivity index (χ4v) is 3.53. The molecule has 3 unspecified atom stereocenters. The van der Waals surface area contributed by atoms with Crippen molar-refractivity contribution in [3.8, 4) is 0 Å². The number of carbonyl (C=O) groups excluding carboxylic acids is 3. The molecule has 23 heavy (non-hydrogen) atoms. The van der Waals surface area contributed by atoms with Crippen LogP contribution in [0.1, 0.15) is 34.6 Å². The number of fused-ring (bicyclic) bond motifs is 1. The van der Waals surface area contributed by atoms with Gasteiger partial charge in [0.25, 0.3) is 5.91 Å². The van der Waals surface area contributed by atoms with Crippen LogP contribution in [0, 0.1) is 23.2 Å². The molecule has 3 N–H and O–H groups in total. The molecular weight excluding hydrogens is 294 g/mol. The van der Waals surface area contributed by atoms with E-state index in [1.165, 1.54) is 6.92 Å². The van der Waals surface area contributed by atoms with Gasteiger partial charge < -0.3 is 16.0 Å². The summed E-state index contributed by atoms with van der Waals surface area (Å²) in [5, 5.41) is 2.67. The van der Waals surface area contributed by atoms with E-state index in [0.717, 1.165) is 19.2 Å². The zero-order valence-electron chi connectivity index (χ0n) is 14.6. The number of nitrogens with two attached hydrogens (primary N) is 1. The Hall–Kier alpha value is -1.85. The van der Waals surface area contributed by atoms with Crippen LogP contribution in [0.3, 0.4) is 0 Å². The minimum absolute atomic E-state index is 0.0542. The van der Waals surface area contributed by atoms with E-state index in [1.807, 2.05) is 18.7 Å². The third-order valence-corrected chi connectivity index (χ3v) is 5.27. The summed E-state index contributed by atoms with van der Waals surface area (Å²) in [6.45, 7) is 11.1. The smallest absolute Gasteiger partial charge is 0.267 e. The number of nitrogens with one attached hydrogen (secondary N) is 1. The van der Waals surface area contributed by atoms with Gasteiger partial charge >= 0.3 is 0 Å². The molecule has 0 spiro atoms. The van der Waals surface area contributed by atoms with Crippen LogP contribution in [0.5, 0.6) is 0 Å². The zero-order chi connectivity index (χ0) is 17.5. The van der Waals surface area contributed by atoms with Crippen LogP contribution in [0.15, 0.2) is 11.8 Å². The van der Waals surface area contributed by atoms with Gasteiger partial charge in [0.05, 0.1) is 0 Å². The number of allylic oxidation sites excluding steroid dienone is 1. The molecule has 2 amide bonds. The number of piperidine rings is 1. The predicted molar refractivity (Wildman–Crippen MR) is 87.1 cm³/mol. The standard InChI is InChI=1S/C17H27N3O3/c1-9(2)14(19-15(22)13(18)6-10(3)21)16(23)20-7-11-12(8-20)17(11,4)5/h6,9,11-12,14H,7-8,18H2,1-5H3,(H,19,22)/b13-6-. The lowest BCUT2D eigenvalue weighted by molar-refractivity contribution is -0.136. The Bertz CT molecular complexity index is 551. The monoisotopic (exact) mass is 321 g/mol. The van der Waals surface area contributed by atoms with Crippen LogP contribution in [-0.2, 0) is 14.4 Å². The van der Waals surface area contributed by atoms with E-state index in [2.05, 4.69) is 19.2 Å². The van der Waals surface area contributed by atoms with Gasteiger partial charge in [0.15, 0.2) is 5.78 Å². The molecule has 2 aliphatic rings. The number of ketones is 1. The molecule has 2 fully saturated rings. The molecule has 6 nitrogen and oxygen atoms in total. The van der Waals surface area contributed by atoms with Gasteiger partial charge in [-0.25, -0.2) is 0 Å². The Morgan fingerprint density at radius 1 is 1.22 bits per heavy atom. The fourth-order valence-electron chi connectivity index (χ4n) is 3.53. The molecule has 0 aromatic rings. The van der Waals surface area contributed by atoms with Crippen molar-refractivity contribution < 1.29 is 14.4 Å². The molecule has 1 heterocycles. The van der Waals surface area contributed by atoms with E-state index in [-0.39, 0.29) is 23.3 Å².